The van der Waals surface area contributed by atoms with Gasteiger partial charge in [-0.2, -0.15) is 0 Å². The van der Waals surface area contributed by atoms with Crippen LogP contribution in [0.3, 0.4) is 0 Å². The molecule has 0 unspecified atom stereocenters. The Morgan fingerprint density at radius 3 is 2.81 bits per heavy atom. The number of pyridine rings is 1. The third-order valence-electron chi connectivity index (χ3n) is 7.20. The van der Waals surface area contributed by atoms with Gasteiger partial charge in [-0.05, 0) is 49.2 Å². The highest BCUT2D eigenvalue weighted by molar-refractivity contribution is 6.30. The fourth-order valence-electron chi connectivity index (χ4n) is 5.21. The Hall–Kier alpha value is -3.01. The smallest absolute Gasteiger partial charge is 0.256 e. The molecule has 0 saturated carbocycles. The molecule has 36 heavy (non-hydrogen) atoms. The predicted octanol–water partition coefficient (Wildman–Crippen LogP) is 2.96. The molecular weight excluding hydrogens is 485 g/mol. The molecule has 10 heteroatoms. The normalized spacial score (nSPS) is 21.9. The lowest BCUT2D eigenvalue weighted by atomic mass is 9.84. The van der Waals surface area contributed by atoms with Crippen molar-refractivity contribution in [3.8, 4) is 0 Å². The molecule has 0 spiro atoms. The van der Waals surface area contributed by atoms with E-state index in [1.807, 2.05) is 19.2 Å². The number of benzene rings is 1. The largest absolute Gasteiger partial charge is 0.379 e. The Morgan fingerprint density at radius 2 is 2.03 bits per heavy atom. The van der Waals surface area contributed by atoms with Gasteiger partial charge in [0.15, 0.2) is 0 Å². The first kappa shape index (κ1) is 24.7. The van der Waals surface area contributed by atoms with Crippen molar-refractivity contribution in [2.45, 2.75) is 31.3 Å². The van der Waals surface area contributed by atoms with Crippen LogP contribution in [0.15, 0.2) is 49.1 Å². The van der Waals surface area contributed by atoms with Crippen LogP contribution < -0.4 is 5.32 Å². The number of piperidine rings is 1. The Morgan fingerprint density at radius 1 is 1.22 bits per heavy atom. The minimum absolute atomic E-state index is 0.124. The number of halogens is 2. The topological polar surface area (TPSA) is 79.2 Å². The fraction of sp³-hybridized carbons (Fsp3) is 0.423. The first-order chi connectivity index (χ1) is 17.4. The van der Waals surface area contributed by atoms with E-state index in [1.54, 1.807) is 34.0 Å². The summed E-state index contributed by atoms with van der Waals surface area (Å²) in [6.07, 6.45) is 5.72. The second kappa shape index (κ2) is 10.5. The van der Waals surface area contributed by atoms with Gasteiger partial charge < -0.3 is 19.4 Å². The second-order valence-corrected chi connectivity index (χ2v) is 9.83. The maximum atomic E-state index is 14.2. The van der Waals surface area contributed by atoms with Crippen LogP contribution in [0.4, 0.5) is 4.39 Å². The van der Waals surface area contributed by atoms with Gasteiger partial charge in [-0.15, -0.1) is 0 Å². The minimum atomic E-state index is -0.421. The van der Waals surface area contributed by atoms with Crippen molar-refractivity contribution >= 4 is 28.9 Å². The van der Waals surface area contributed by atoms with Crippen molar-refractivity contribution in [1.29, 1.82) is 0 Å². The number of rotatable bonds is 5. The van der Waals surface area contributed by atoms with Crippen LogP contribution in [-0.2, 0) is 9.53 Å². The van der Waals surface area contributed by atoms with Crippen molar-refractivity contribution in [3.05, 3.63) is 71.0 Å². The van der Waals surface area contributed by atoms with Crippen molar-refractivity contribution in [1.82, 2.24) is 24.5 Å². The molecule has 5 rings (SSSR count). The SMILES string of the molecule is C[C@@H](C(=O)N[C@@H]1CN(C(=O)c2cccn3cncc23)CC[C@H]1c1cc(F)cc(Cl)c1)N1CCOCC1. The Balaban J connectivity index is 1.40. The molecule has 2 aromatic heterocycles. The molecule has 3 atom stereocenters. The van der Waals surface area contributed by atoms with Gasteiger partial charge in [0.05, 0.1) is 48.9 Å². The minimum Gasteiger partial charge on any atom is -0.379 e. The van der Waals surface area contributed by atoms with Crippen LogP contribution in [0.5, 0.6) is 0 Å². The number of carbonyl (C=O) groups excluding carboxylic acids is 2. The van der Waals surface area contributed by atoms with Gasteiger partial charge in [-0.3, -0.25) is 14.5 Å². The average molecular weight is 514 g/mol. The van der Waals surface area contributed by atoms with E-state index in [9.17, 15) is 14.0 Å². The average Bonchev–Trinajstić information content (AvgIpc) is 3.37. The van der Waals surface area contributed by atoms with E-state index in [0.29, 0.717) is 62.0 Å². The monoisotopic (exact) mass is 513 g/mol. The molecule has 2 aliphatic rings. The van der Waals surface area contributed by atoms with Crippen molar-refractivity contribution in [3.63, 3.8) is 0 Å². The highest BCUT2D eigenvalue weighted by Gasteiger charge is 2.36. The molecule has 2 saturated heterocycles. The maximum absolute atomic E-state index is 14.2. The van der Waals surface area contributed by atoms with Gasteiger partial charge in [-0.25, -0.2) is 9.37 Å². The van der Waals surface area contributed by atoms with Crippen LogP contribution in [0, 0.1) is 5.82 Å². The van der Waals surface area contributed by atoms with E-state index >= 15 is 0 Å². The quantitative estimate of drug-likeness (QED) is 0.567. The molecule has 0 radical (unpaired) electrons. The zero-order valence-corrected chi connectivity index (χ0v) is 20.8. The molecule has 0 bridgehead atoms. The van der Waals surface area contributed by atoms with Crippen LogP contribution in [0.1, 0.15) is 35.2 Å². The van der Waals surface area contributed by atoms with Crippen LogP contribution >= 0.6 is 11.6 Å². The maximum Gasteiger partial charge on any atom is 0.256 e. The van der Waals surface area contributed by atoms with E-state index in [-0.39, 0.29) is 23.8 Å². The lowest BCUT2D eigenvalue weighted by Gasteiger charge is -2.40. The van der Waals surface area contributed by atoms with Gasteiger partial charge in [0.2, 0.25) is 5.91 Å². The number of fused-ring (bicyclic) bond motifs is 1. The summed E-state index contributed by atoms with van der Waals surface area (Å²) in [5, 5.41) is 3.48. The number of hydrogen-bond donors (Lipinski definition) is 1. The molecular formula is C26H29ClFN5O3. The summed E-state index contributed by atoms with van der Waals surface area (Å²) in [5.74, 6) is -0.858. The lowest BCUT2D eigenvalue weighted by Crippen LogP contribution is -2.57. The van der Waals surface area contributed by atoms with E-state index in [0.717, 1.165) is 5.52 Å². The first-order valence-corrected chi connectivity index (χ1v) is 12.6. The summed E-state index contributed by atoms with van der Waals surface area (Å²) in [7, 11) is 0. The van der Waals surface area contributed by atoms with Crippen LogP contribution in [-0.4, -0.2) is 82.5 Å². The van der Waals surface area contributed by atoms with Crippen molar-refractivity contribution in [2.24, 2.45) is 0 Å². The van der Waals surface area contributed by atoms with Gasteiger partial charge in [0, 0.05) is 43.3 Å². The first-order valence-electron chi connectivity index (χ1n) is 12.2. The summed E-state index contributed by atoms with van der Waals surface area (Å²) in [4.78, 5) is 34.8. The van der Waals surface area contributed by atoms with E-state index in [4.69, 9.17) is 16.3 Å². The number of ether oxygens (including phenoxy) is 1. The van der Waals surface area contributed by atoms with Crippen molar-refractivity contribution < 1.29 is 18.7 Å². The molecule has 3 aromatic rings. The van der Waals surface area contributed by atoms with Gasteiger partial charge in [-0.1, -0.05) is 11.6 Å². The summed E-state index contributed by atoms with van der Waals surface area (Å²) in [6, 6.07) is 7.32. The number of amides is 2. The Labute approximate surface area is 214 Å². The van der Waals surface area contributed by atoms with Gasteiger partial charge in [0.25, 0.3) is 5.91 Å². The standard InChI is InChI=1S/C26H29ClFN5O3/c1-17(31-7-9-36-10-8-31)25(34)30-23-15-32(6-4-21(23)18-11-19(27)13-20(28)12-18)26(35)22-3-2-5-33-16-29-14-24(22)33/h2-3,5,11-14,16-17,21,23H,4,6-10,15H2,1H3,(H,30,34)/t17-,21-,23+/m0/s1. The summed E-state index contributed by atoms with van der Waals surface area (Å²) in [6.45, 7) is 5.19. The zero-order valence-electron chi connectivity index (χ0n) is 20.1. The number of likely N-dealkylation sites (tertiary alicyclic amines) is 1. The fourth-order valence-corrected chi connectivity index (χ4v) is 5.44. The third kappa shape index (κ3) is 5.09. The lowest BCUT2D eigenvalue weighted by molar-refractivity contribution is -0.128. The van der Waals surface area contributed by atoms with Gasteiger partial charge in [0.1, 0.15) is 5.82 Å². The van der Waals surface area contributed by atoms with E-state index in [1.165, 1.54) is 12.1 Å². The van der Waals surface area contributed by atoms with Crippen LogP contribution in [0.2, 0.25) is 5.02 Å². The molecule has 0 aliphatic carbocycles. The molecule has 1 aromatic carbocycles. The predicted molar refractivity (Wildman–Crippen MR) is 134 cm³/mol. The van der Waals surface area contributed by atoms with Gasteiger partial charge >= 0.3 is 0 Å². The highest BCUT2D eigenvalue weighted by Crippen LogP contribution is 2.32. The van der Waals surface area contributed by atoms with E-state index < -0.39 is 11.9 Å². The number of morpholine rings is 1. The third-order valence-corrected chi connectivity index (χ3v) is 7.41. The molecule has 2 aliphatic heterocycles. The number of imidazole rings is 1. The number of carbonyl (C=O) groups is 2. The molecule has 190 valence electrons. The summed E-state index contributed by atoms with van der Waals surface area (Å²) >= 11 is 6.16. The number of nitrogens with zero attached hydrogens (tertiary/aromatic N) is 4. The number of nitrogens with one attached hydrogen (secondary N) is 1. The molecule has 2 amide bonds. The second-order valence-electron chi connectivity index (χ2n) is 9.40. The molecule has 4 heterocycles. The molecule has 1 N–H and O–H groups in total. The highest BCUT2D eigenvalue weighted by atomic mass is 35.5. The number of aromatic nitrogens is 2. The Bertz CT molecular complexity index is 1240. The zero-order chi connectivity index (χ0) is 25.2. The van der Waals surface area contributed by atoms with Crippen LogP contribution in [0.25, 0.3) is 5.52 Å². The van der Waals surface area contributed by atoms with E-state index in [2.05, 4.69) is 15.2 Å². The Kier molecular flexibility index (Phi) is 7.22. The number of hydrogen-bond acceptors (Lipinski definition) is 5. The molecule has 2 fully saturated rings. The summed E-state index contributed by atoms with van der Waals surface area (Å²) in [5.41, 5.74) is 1.99. The van der Waals surface area contributed by atoms with Crippen molar-refractivity contribution in [2.75, 3.05) is 39.4 Å². The summed E-state index contributed by atoms with van der Waals surface area (Å²) < 4.78 is 21.4. The molecule has 8 nitrogen and oxygen atoms in total.